The lowest BCUT2D eigenvalue weighted by Crippen LogP contribution is -2.03. The van der Waals surface area contributed by atoms with E-state index in [1.165, 1.54) is 5.56 Å². The first-order chi connectivity index (χ1) is 6.77. The number of hydrogen-bond donors (Lipinski definition) is 0. The molecule has 0 aliphatic carbocycles. The Morgan fingerprint density at radius 2 is 2.07 bits per heavy atom. The highest BCUT2D eigenvalue weighted by atomic mass is 32.2. The molecular formula is C11H10N2S. The minimum Gasteiger partial charge on any atom is -0.197 e. The second-order valence-electron chi connectivity index (χ2n) is 2.96. The SMILES string of the molecule is Cc1ccccc1C[C@@H](C#N)SC#N. The van der Waals surface area contributed by atoms with Gasteiger partial charge in [-0.3, -0.25) is 0 Å². The Labute approximate surface area is 88.2 Å². The summed E-state index contributed by atoms with van der Waals surface area (Å²) in [5.74, 6) is 0. The van der Waals surface area contributed by atoms with Gasteiger partial charge in [0, 0.05) is 0 Å². The number of benzene rings is 1. The van der Waals surface area contributed by atoms with Crippen LogP contribution in [0, 0.1) is 28.9 Å². The van der Waals surface area contributed by atoms with E-state index in [0.29, 0.717) is 6.42 Å². The Morgan fingerprint density at radius 1 is 1.36 bits per heavy atom. The molecule has 1 aromatic carbocycles. The summed E-state index contributed by atoms with van der Waals surface area (Å²) in [5, 5.41) is 19.0. The monoisotopic (exact) mass is 202 g/mol. The maximum atomic E-state index is 8.79. The van der Waals surface area contributed by atoms with Crippen molar-refractivity contribution in [1.29, 1.82) is 10.5 Å². The van der Waals surface area contributed by atoms with Gasteiger partial charge in [0.25, 0.3) is 0 Å². The summed E-state index contributed by atoms with van der Waals surface area (Å²) in [6, 6.07) is 10.1. The van der Waals surface area contributed by atoms with Crippen molar-refractivity contribution in [3.05, 3.63) is 35.4 Å². The first kappa shape index (κ1) is 10.6. The molecule has 0 heterocycles. The van der Waals surface area contributed by atoms with E-state index in [1.807, 2.05) is 36.6 Å². The van der Waals surface area contributed by atoms with E-state index in [1.54, 1.807) is 0 Å². The molecule has 0 N–H and O–H groups in total. The normalized spacial score (nSPS) is 11.4. The maximum absolute atomic E-state index is 8.79. The Morgan fingerprint density at radius 3 is 2.64 bits per heavy atom. The van der Waals surface area contributed by atoms with E-state index in [0.717, 1.165) is 17.3 Å². The average molecular weight is 202 g/mol. The van der Waals surface area contributed by atoms with Crippen molar-refractivity contribution in [2.75, 3.05) is 0 Å². The van der Waals surface area contributed by atoms with Crippen LogP contribution in [0.4, 0.5) is 0 Å². The van der Waals surface area contributed by atoms with E-state index in [2.05, 4.69) is 6.07 Å². The lowest BCUT2D eigenvalue weighted by atomic mass is 10.0. The molecule has 1 atom stereocenters. The molecule has 14 heavy (non-hydrogen) atoms. The van der Waals surface area contributed by atoms with Gasteiger partial charge in [0.2, 0.25) is 0 Å². The quantitative estimate of drug-likeness (QED) is 0.708. The topological polar surface area (TPSA) is 47.6 Å². The molecule has 0 saturated heterocycles. The molecule has 0 aliphatic rings. The third-order valence-electron chi connectivity index (χ3n) is 2.01. The van der Waals surface area contributed by atoms with Crippen molar-refractivity contribution in [2.45, 2.75) is 18.6 Å². The molecule has 0 aliphatic heterocycles. The first-order valence-electron chi connectivity index (χ1n) is 4.26. The molecule has 0 aromatic heterocycles. The minimum absolute atomic E-state index is 0.263. The molecule has 2 nitrogen and oxygen atoms in total. The van der Waals surface area contributed by atoms with E-state index < -0.39 is 0 Å². The van der Waals surface area contributed by atoms with Gasteiger partial charge in [0.05, 0.1) is 6.07 Å². The van der Waals surface area contributed by atoms with E-state index in [4.69, 9.17) is 10.5 Å². The van der Waals surface area contributed by atoms with Gasteiger partial charge in [-0.25, -0.2) is 0 Å². The van der Waals surface area contributed by atoms with Crippen LogP contribution in [0.3, 0.4) is 0 Å². The maximum Gasteiger partial charge on any atom is 0.134 e. The second kappa shape index (κ2) is 5.32. The molecule has 1 rings (SSSR count). The highest BCUT2D eigenvalue weighted by molar-refractivity contribution is 8.04. The molecule has 0 unspecified atom stereocenters. The van der Waals surface area contributed by atoms with Crippen LogP contribution in [0.25, 0.3) is 0 Å². The number of rotatable bonds is 3. The van der Waals surface area contributed by atoms with Gasteiger partial charge in [0.1, 0.15) is 10.7 Å². The summed E-state index contributed by atoms with van der Waals surface area (Å²) in [5.41, 5.74) is 2.31. The molecule has 0 amide bonds. The number of hydrogen-bond acceptors (Lipinski definition) is 3. The average Bonchev–Trinajstić information content (AvgIpc) is 2.20. The summed E-state index contributed by atoms with van der Waals surface area (Å²) >= 11 is 1.02. The Hall–Kier alpha value is -1.45. The molecule has 0 bridgehead atoms. The molecule has 0 saturated carbocycles. The zero-order valence-corrected chi connectivity index (χ0v) is 8.71. The lowest BCUT2D eigenvalue weighted by Gasteiger charge is -2.06. The molecule has 0 spiro atoms. The van der Waals surface area contributed by atoms with Crippen LogP contribution in [0.5, 0.6) is 0 Å². The van der Waals surface area contributed by atoms with E-state index in [9.17, 15) is 0 Å². The van der Waals surface area contributed by atoms with Crippen molar-refractivity contribution in [3.8, 4) is 11.5 Å². The molecule has 0 fully saturated rings. The molecule has 70 valence electrons. The van der Waals surface area contributed by atoms with Gasteiger partial charge in [-0.2, -0.15) is 10.5 Å². The van der Waals surface area contributed by atoms with Gasteiger partial charge in [-0.1, -0.05) is 24.3 Å². The largest absolute Gasteiger partial charge is 0.197 e. The number of nitrogens with zero attached hydrogens (tertiary/aromatic N) is 2. The Bertz CT molecular complexity index is 387. The Kier molecular flexibility index (Phi) is 4.04. The van der Waals surface area contributed by atoms with Crippen LogP contribution in [-0.4, -0.2) is 5.25 Å². The van der Waals surface area contributed by atoms with Crippen LogP contribution in [0.15, 0.2) is 24.3 Å². The van der Waals surface area contributed by atoms with Gasteiger partial charge < -0.3 is 0 Å². The fraction of sp³-hybridized carbons (Fsp3) is 0.273. The number of thioether (sulfide) groups is 1. The van der Waals surface area contributed by atoms with Crippen LogP contribution >= 0.6 is 11.8 Å². The molecule has 1 aromatic rings. The summed E-state index contributed by atoms with van der Waals surface area (Å²) < 4.78 is 0. The number of thiocyanates is 1. The zero-order valence-electron chi connectivity index (χ0n) is 7.90. The summed E-state index contributed by atoms with van der Waals surface area (Å²) in [6.45, 7) is 2.01. The molecular weight excluding hydrogens is 192 g/mol. The predicted octanol–water partition coefficient (Wildman–Crippen LogP) is 2.64. The van der Waals surface area contributed by atoms with Crippen molar-refractivity contribution >= 4 is 11.8 Å². The summed E-state index contributed by atoms with van der Waals surface area (Å²) in [4.78, 5) is 0. The highest BCUT2D eigenvalue weighted by Gasteiger charge is 2.09. The lowest BCUT2D eigenvalue weighted by molar-refractivity contribution is 1.02. The fourth-order valence-electron chi connectivity index (χ4n) is 1.22. The Balaban J connectivity index is 2.74. The van der Waals surface area contributed by atoms with Crippen LogP contribution < -0.4 is 0 Å². The van der Waals surface area contributed by atoms with Crippen LogP contribution in [-0.2, 0) is 6.42 Å². The van der Waals surface area contributed by atoms with Gasteiger partial charge in [0.15, 0.2) is 0 Å². The standard InChI is InChI=1S/C11H10N2S/c1-9-4-2-3-5-10(9)6-11(7-12)14-8-13/h2-5,11H,6H2,1H3/t11-/m0/s1. The van der Waals surface area contributed by atoms with Crippen molar-refractivity contribution in [2.24, 2.45) is 0 Å². The molecule has 3 heteroatoms. The third-order valence-corrected chi connectivity index (χ3v) is 2.67. The predicted molar refractivity (Wildman–Crippen MR) is 57.5 cm³/mol. The first-order valence-corrected chi connectivity index (χ1v) is 5.14. The second-order valence-corrected chi connectivity index (χ2v) is 3.94. The summed E-state index contributed by atoms with van der Waals surface area (Å²) in [6.07, 6.45) is 0.640. The number of nitriles is 2. The summed E-state index contributed by atoms with van der Waals surface area (Å²) in [7, 11) is 0. The minimum atomic E-state index is -0.263. The van der Waals surface area contributed by atoms with Crippen LogP contribution in [0.2, 0.25) is 0 Å². The number of aryl methyl sites for hydroxylation is 1. The zero-order chi connectivity index (χ0) is 10.4. The fourth-order valence-corrected chi connectivity index (χ4v) is 1.66. The van der Waals surface area contributed by atoms with Gasteiger partial charge >= 0.3 is 0 Å². The van der Waals surface area contributed by atoms with Crippen LogP contribution in [0.1, 0.15) is 11.1 Å². The highest BCUT2D eigenvalue weighted by Crippen LogP contribution is 2.17. The third kappa shape index (κ3) is 2.80. The molecule has 0 radical (unpaired) electrons. The van der Waals surface area contributed by atoms with Crippen molar-refractivity contribution < 1.29 is 0 Å². The smallest absolute Gasteiger partial charge is 0.134 e. The van der Waals surface area contributed by atoms with Gasteiger partial charge in [-0.05, 0) is 36.2 Å². The van der Waals surface area contributed by atoms with Crippen molar-refractivity contribution in [3.63, 3.8) is 0 Å². The van der Waals surface area contributed by atoms with Crippen molar-refractivity contribution in [1.82, 2.24) is 0 Å². The van der Waals surface area contributed by atoms with E-state index >= 15 is 0 Å². The van der Waals surface area contributed by atoms with E-state index in [-0.39, 0.29) is 5.25 Å². The van der Waals surface area contributed by atoms with Gasteiger partial charge in [-0.15, -0.1) is 0 Å².